The maximum atomic E-state index is 12.1. The van der Waals surface area contributed by atoms with Crippen molar-refractivity contribution in [3.63, 3.8) is 0 Å². The van der Waals surface area contributed by atoms with Gasteiger partial charge in [-0.05, 0) is 30.2 Å². The molecule has 1 aromatic carbocycles. The normalized spacial score (nSPS) is 11.6. The minimum atomic E-state index is -1.09. The number of carbonyl (C=O) groups is 2. The van der Waals surface area contributed by atoms with E-state index in [1.54, 1.807) is 18.9 Å². The number of hydrogen-bond acceptors (Lipinski definition) is 5. The van der Waals surface area contributed by atoms with Crippen molar-refractivity contribution < 1.29 is 19.4 Å². The van der Waals surface area contributed by atoms with Crippen LogP contribution in [0.2, 0.25) is 0 Å². The summed E-state index contributed by atoms with van der Waals surface area (Å²) in [4.78, 5) is 28.0. The largest absolute Gasteiger partial charge is 0.496 e. The maximum absolute atomic E-state index is 12.1. The Hall–Kier alpha value is -2.54. The number of amides is 1. The van der Waals surface area contributed by atoms with Crippen molar-refractivity contribution in [2.45, 2.75) is 11.8 Å². The molecule has 0 fully saturated rings. The van der Waals surface area contributed by atoms with Crippen molar-refractivity contribution in [1.29, 1.82) is 0 Å². The summed E-state index contributed by atoms with van der Waals surface area (Å²) in [6.07, 6.45) is 1.32. The molecule has 6 nitrogen and oxygen atoms in total. The molecule has 0 aliphatic carbocycles. The number of carboxylic acids is 1. The van der Waals surface area contributed by atoms with Gasteiger partial charge in [0, 0.05) is 23.4 Å². The van der Waals surface area contributed by atoms with E-state index in [4.69, 9.17) is 9.84 Å². The average Bonchev–Trinajstić information content (AvgIpc) is 2.64. The smallest absolute Gasteiger partial charge is 0.335 e. The predicted octanol–water partition coefficient (Wildman–Crippen LogP) is 2.95. The molecule has 2 rings (SSSR count). The number of benzene rings is 1. The molecule has 0 radical (unpaired) electrons. The van der Waals surface area contributed by atoms with Gasteiger partial charge in [-0.3, -0.25) is 9.78 Å². The molecule has 2 aromatic rings. The van der Waals surface area contributed by atoms with Crippen LogP contribution in [0.3, 0.4) is 0 Å². The van der Waals surface area contributed by atoms with E-state index >= 15 is 0 Å². The second kappa shape index (κ2) is 9.08. The standard InChI is InChI=1S/C18H20N2O4S/c1-12(11-25-16-6-4-3-5-15(16)24-2)10-20-17(21)14-9-13(18(22)23)7-8-19-14/h3-9,12H,10-11H2,1-2H3,(H,20,21)(H,22,23). The summed E-state index contributed by atoms with van der Waals surface area (Å²) in [6, 6.07) is 10.4. The third-order valence-electron chi connectivity index (χ3n) is 3.44. The van der Waals surface area contributed by atoms with Gasteiger partial charge in [0.2, 0.25) is 0 Å². The van der Waals surface area contributed by atoms with Crippen LogP contribution >= 0.6 is 11.8 Å². The SMILES string of the molecule is COc1ccccc1SCC(C)CNC(=O)c1cc(C(=O)O)ccn1. The van der Waals surface area contributed by atoms with Gasteiger partial charge in [-0.25, -0.2) is 4.79 Å². The minimum Gasteiger partial charge on any atom is -0.496 e. The molecule has 0 aliphatic heterocycles. The van der Waals surface area contributed by atoms with Gasteiger partial charge >= 0.3 is 5.97 Å². The van der Waals surface area contributed by atoms with E-state index in [-0.39, 0.29) is 23.1 Å². The number of aromatic carboxylic acids is 1. The molecule has 7 heteroatoms. The van der Waals surface area contributed by atoms with Crippen LogP contribution < -0.4 is 10.1 Å². The third-order valence-corrected chi connectivity index (χ3v) is 4.83. The molecule has 25 heavy (non-hydrogen) atoms. The summed E-state index contributed by atoms with van der Waals surface area (Å²) in [5.74, 6) is 0.402. The molecule has 1 heterocycles. The molecule has 0 saturated heterocycles. The van der Waals surface area contributed by atoms with E-state index in [9.17, 15) is 9.59 Å². The van der Waals surface area contributed by atoms with Crippen LogP contribution in [0.4, 0.5) is 0 Å². The quantitative estimate of drug-likeness (QED) is 0.704. The first-order valence-electron chi connectivity index (χ1n) is 7.74. The number of nitrogens with one attached hydrogen (secondary N) is 1. The lowest BCUT2D eigenvalue weighted by atomic mass is 10.2. The second-order valence-corrected chi connectivity index (χ2v) is 6.57. The van der Waals surface area contributed by atoms with Gasteiger partial charge in [-0.1, -0.05) is 19.1 Å². The van der Waals surface area contributed by atoms with Gasteiger partial charge in [0.05, 0.1) is 12.7 Å². The molecule has 0 spiro atoms. The van der Waals surface area contributed by atoms with E-state index < -0.39 is 5.97 Å². The zero-order valence-electron chi connectivity index (χ0n) is 14.1. The number of carbonyl (C=O) groups excluding carboxylic acids is 1. The summed E-state index contributed by atoms with van der Waals surface area (Å²) in [5, 5.41) is 11.7. The molecule has 1 unspecified atom stereocenters. The highest BCUT2D eigenvalue weighted by atomic mass is 32.2. The second-order valence-electron chi connectivity index (χ2n) is 5.51. The molecule has 1 aromatic heterocycles. The molecular formula is C18H20N2O4S. The van der Waals surface area contributed by atoms with Crippen LogP contribution in [0.5, 0.6) is 5.75 Å². The van der Waals surface area contributed by atoms with Crippen molar-refractivity contribution in [3.05, 3.63) is 53.9 Å². The fourth-order valence-corrected chi connectivity index (χ4v) is 3.12. The van der Waals surface area contributed by atoms with Gasteiger partial charge in [0.1, 0.15) is 11.4 Å². The number of methoxy groups -OCH3 is 1. The highest BCUT2D eigenvalue weighted by molar-refractivity contribution is 7.99. The van der Waals surface area contributed by atoms with Gasteiger partial charge in [-0.2, -0.15) is 0 Å². The number of carboxylic acid groups (broad SMARTS) is 1. The van der Waals surface area contributed by atoms with Gasteiger partial charge in [-0.15, -0.1) is 11.8 Å². The number of nitrogens with zero attached hydrogens (tertiary/aromatic N) is 1. The Bertz CT molecular complexity index is 751. The van der Waals surface area contributed by atoms with Crippen molar-refractivity contribution in [2.75, 3.05) is 19.4 Å². The van der Waals surface area contributed by atoms with Crippen molar-refractivity contribution in [3.8, 4) is 5.75 Å². The van der Waals surface area contributed by atoms with E-state index in [0.717, 1.165) is 16.4 Å². The molecule has 132 valence electrons. The Balaban J connectivity index is 1.85. The zero-order valence-corrected chi connectivity index (χ0v) is 14.9. The Labute approximate surface area is 150 Å². The highest BCUT2D eigenvalue weighted by Gasteiger charge is 2.13. The molecule has 1 atom stereocenters. The predicted molar refractivity (Wildman–Crippen MR) is 96.4 cm³/mol. The Morgan fingerprint density at radius 1 is 1.32 bits per heavy atom. The van der Waals surface area contributed by atoms with E-state index in [2.05, 4.69) is 10.3 Å². The summed E-state index contributed by atoms with van der Waals surface area (Å²) in [6.45, 7) is 2.50. The van der Waals surface area contributed by atoms with Crippen LogP contribution in [0.25, 0.3) is 0 Å². The monoisotopic (exact) mass is 360 g/mol. The first-order chi connectivity index (χ1) is 12.0. The fourth-order valence-electron chi connectivity index (χ4n) is 2.07. The maximum Gasteiger partial charge on any atom is 0.335 e. The van der Waals surface area contributed by atoms with Crippen LogP contribution in [-0.2, 0) is 0 Å². The van der Waals surface area contributed by atoms with E-state index in [1.165, 1.54) is 18.3 Å². The molecular weight excluding hydrogens is 340 g/mol. The fraction of sp³-hybridized carbons (Fsp3) is 0.278. The first-order valence-corrected chi connectivity index (χ1v) is 8.73. The zero-order chi connectivity index (χ0) is 18.2. The summed E-state index contributed by atoms with van der Waals surface area (Å²) in [7, 11) is 1.64. The summed E-state index contributed by atoms with van der Waals surface area (Å²) in [5.41, 5.74) is 0.143. The molecule has 0 aliphatic rings. The Morgan fingerprint density at radius 2 is 2.08 bits per heavy atom. The lowest BCUT2D eigenvalue weighted by molar-refractivity contribution is 0.0696. The third kappa shape index (κ3) is 5.49. The summed E-state index contributed by atoms with van der Waals surface area (Å²) < 4.78 is 5.32. The average molecular weight is 360 g/mol. The molecule has 0 saturated carbocycles. The molecule has 0 bridgehead atoms. The number of aromatic nitrogens is 1. The topological polar surface area (TPSA) is 88.5 Å². The van der Waals surface area contributed by atoms with E-state index in [0.29, 0.717) is 6.54 Å². The van der Waals surface area contributed by atoms with Crippen molar-refractivity contribution in [2.24, 2.45) is 5.92 Å². The number of rotatable bonds is 8. The van der Waals surface area contributed by atoms with Crippen molar-refractivity contribution in [1.82, 2.24) is 10.3 Å². The van der Waals surface area contributed by atoms with Gasteiger partial charge in [0.15, 0.2) is 0 Å². The number of ether oxygens (including phenoxy) is 1. The van der Waals surface area contributed by atoms with Crippen LogP contribution in [0.1, 0.15) is 27.8 Å². The van der Waals surface area contributed by atoms with Crippen molar-refractivity contribution >= 4 is 23.6 Å². The number of thioether (sulfide) groups is 1. The molecule has 1 amide bonds. The van der Waals surface area contributed by atoms with E-state index in [1.807, 2.05) is 31.2 Å². The number of pyridine rings is 1. The Morgan fingerprint density at radius 3 is 2.80 bits per heavy atom. The van der Waals surface area contributed by atoms with Crippen LogP contribution in [0, 0.1) is 5.92 Å². The molecule has 2 N–H and O–H groups in total. The summed E-state index contributed by atoms with van der Waals surface area (Å²) >= 11 is 1.66. The number of para-hydroxylation sites is 1. The van der Waals surface area contributed by atoms with Crippen LogP contribution in [-0.4, -0.2) is 41.4 Å². The van der Waals surface area contributed by atoms with Gasteiger partial charge in [0.25, 0.3) is 5.91 Å². The first kappa shape index (κ1) is 18.8. The van der Waals surface area contributed by atoms with Gasteiger partial charge < -0.3 is 15.2 Å². The minimum absolute atomic E-state index is 0.0416. The lowest BCUT2D eigenvalue weighted by Gasteiger charge is -2.13. The Kier molecular flexibility index (Phi) is 6.82. The lowest BCUT2D eigenvalue weighted by Crippen LogP contribution is -2.29. The number of hydrogen-bond donors (Lipinski definition) is 2. The van der Waals surface area contributed by atoms with Crippen LogP contribution in [0.15, 0.2) is 47.5 Å². The highest BCUT2D eigenvalue weighted by Crippen LogP contribution is 2.29.